The number of hydrogen-bond donors (Lipinski definition) is 2. The molecular formula is C15H15NO3S. The largest absolute Gasteiger partial charge is 0.507 e. The van der Waals surface area contributed by atoms with E-state index in [1.54, 1.807) is 18.2 Å². The smallest absolute Gasteiger partial charge is 0.265 e. The summed E-state index contributed by atoms with van der Waals surface area (Å²) in [5.74, 6) is -0.249. The van der Waals surface area contributed by atoms with Gasteiger partial charge in [-0.25, -0.2) is 8.42 Å². The molecule has 5 heteroatoms. The number of anilines is 1. The molecule has 0 spiro atoms. The summed E-state index contributed by atoms with van der Waals surface area (Å²) >= 11 is 0. The monoisotopic (exact) mass is 289 g/mol. The SMILES string of the molecule is O=S(=O)(Nc1ccc2c(c1)CCC2)c1ccccc1O. The first-order valence-corrected chi connectivity index (χ1v) is 7.97. The second-order valence-corrected chi connectivity index (χ2v) is 6.56. The number of nitrogens with one attached hydrogen (secondary N) is 1. The normalized spacial score (nSPS) is 14.0. The number of phenolic OH excluding ortho intramolecular Hbond substituents is 1. The number of hydrogen-bond acceptors (Lipinski definition) is 3. The Balaban J connectivity index is 1.93. The van der Waals surface area contributed by atoms with Gasteiger partial charge in [0.1, 0.15) is 10.6 Å². The van der Waals surface area contributed by atoms with E-state index in [1.165, 1.54) is 23.3 Å². The number of para-hydroxylation sites is 1. The third-order valence-electron chi connectivity index (χ3n) is 3.51. The molecular weight excluding hydrogens is 274 g/mol. The molecule has 0 unspecified atom stereocenters. The highest BCUT2D eigenvalue weighted by Gasteiger charge is 2.19. The Labute approximate surface area is 118 Å². The van der Waals surface area contributed by atoms with E-state index in [0.717, 1.165) is 19.3 Å². The van der Waals surface area contributed by atoms with Crippen LogP contribution < -0.4 is 4.72 Å². The maximum Gasteiger partial charge on any atom is 0.265 e. The van der Waals surface area contributed by atoms with Crippen molar-refractivity contribution in [2.45, 2.75) is 24.2 Å². The maximum absolute atomic E-state index is 12.3. The third-order valence-corrected chi connectivity index (χ3v) is 4.93. The van der Waals surface area contributed by atoms with Crippen molar-refractivity contribution >= 4 is 15.7 Å². The van der Waals surface area contributed by atoms with Gasteiger partial charge in [-0.1, -0.05) is 18.2 Å². The van der Waals surface area contributed by atoms with Crippen molar-refractivity contribution in [3.05, 3.63) is 53.6 Å². The Morgan fingerprint density at radius 1 is 1.00 bits per heavy atom. The molecule has 104 valence electrons. The summed E-state index contributed by atoms with van der Waals surface area (Å²) in [6.45, 7) is 0. The lowest BCUT2D eigenvalue weighted by Gasteiger charge is -2.10. The molecule has 0 saturated carbocycles. The molecule has 4 nitrogen and oxygen atoms in total. The number of aryl methyl sites for hydroxylation is 2. The van der Waals surface area contributed by atoms with E-state index in [0.29, 0.717) is 5.69 Å². The average molecular weight is 289 g/mol. The van der Waals surface area contributed by atoms with E-state index in [4.69, 9.17) is 0 Å². The van der Waals surface area contributed by atoms with Crippen LogP contribution in [0, 0.1) is 0 Å². The molecule has 2 N–H and O–H groups in total. The minimum Gasteiger partial charge on any atom is -0.507 e. The topological polar surface area (TPSA) is 66.4 Å². The quantitative estimate of drug-likeness (QED) is 0.913. The number of sulfonamides is 1. The standard InChI is InChI=1S/C15H15NO3S/c17-14-6-1-2-7-15(14)20(18,19)16-13-9-8-11-4-3-5-12(11)10-13/h1-2,6-10,16-17H,3-5H2. The Morgan fingerprint density at radius 3 is 2.55 bits per heavy atom. The van der Waals surface area contributed by atoms with Gasteiger partial charge in [0.25, 0.3) is 10.0 Å². The van der Waals surface area contributed by atoms with E-state index in [2.05, 4.69) is 4.72 Å². The Bertz CT molecular complexity index is 753. The van der Waals surface area contributed by atoms with Gasteiger partial charge >= 0.3 is 0 Å². The molecule has 0 radical (unpaired) electrons. The minimum absolute atomic E-state index is 0.111. The van der Waals surface area contributed by atoms with Crippen molar-refractivity contribution < 1.29 is 13.5 Å². The average Bonchev–Trinajstić information content (AvgIpc) is 2.86. The molecule has 0 aromatic heterocycles. The number of rotatable bonds is 3. The van der Waals surface area contributed by atoms with Gasteiger partial charge in [0, 0.05) is 5.69 Å². The molecule has 2 aromatic carbocycles. The van der Waals surface area contributed by atoms with Crippen LogP contribution in [-0.2, 0) is 22.9 Å². The lowest BCUT2D eigenvalue weighted by atomic mass is 10.1. The fraction of sp³-hybridized carbons (Fsp3) is 0.200. The summed E-state index contributed by atoms with van der Waals surface area (Å²) in [5, 5.41) is 9.66. The van der Waals surface area contributed by atoms with Gasteiger partial charge < -0.3 is 5.11 Å². The number of aromatic hydroxyl groups is 1. The molecule has 0 saturated heterocycles. The van der Waals surface area contributed by atoms with Gasteiger partial charge in [-0.2, -0.15) is 0 Å². The Kier molecular flexibility index (Phi) is 3.14. The minimum atomic E-state index is -3.76. The van der Waals surface area contributed by atoms with E-state index in [-0.39, 0.29) is 10.6 Å². The summed E-state index contributed by atoms with van der Waals surface area (Å²) < 4.78 is 27.0. The second-order valence-electron chi connectivity index (χ2n) is 4.91. The number of phenols is 1. The van der Waals surface area contributed by atoms with Crippen molar-refractivity contribution in [1.82, 2.24) is 0 Å². The van der Waals surface area contributed by atoms with Crippen LogP contribution >= 0.6 is 0 Å². The van der Waals surface area contributed by atoms with E-state index in [9.17, 15) is 13.5 Å². The number of fused-ring (bicyclic) bond motifs is 1. The molecule has 0 atom stereocenters. The van der Waals surface area contributed by atoms with Gasteiger partial charge in [-0.3, -0.25) is 4.72 Å². The van der Waals surface area contributed by atoms with E-state index < -0.39 is 10.0 Å². The van der Waals surface area contributed by atoms with Gasteiger partial charge in [0.15, 0.2) is 0 Å². The summed E-state index contributed by atoms with van der Waals surface area (Å²) in [4.78, 5) is -0.111. The Hall–Kier alpha value is -2.01. The van der Waals surface area contributed by atoms with Crippen LogP contribution in [0.5, 0.6) is 5.75 Å². The predicted molar refractivity (Wildman–Crippen MR) is 77.4 cm³/mol. The summed E-state index contributed by atoms with van der Waals surface area (Å²) in [7, 11) is -3.76. The summed E-state index contributed by atoms with van der Waals surface area (Å²) in [5.41, 5.74) is 3.02. The lowest BCUT2D eigenvalue weighted by molar-refractivity contribution is 0.459. The van der Waals surface area contributed by atoms with Gasteiger partial charge in [0.05, 0.1) is 0 Å². The second kappa shape index (κ2) is 4.83. The van der Waals surface area contributed by atoms with Crippen LogP contribution in [0.4, 0.5) is 5.69 Å². The van der Waals surface area contributed by atoms with E-state index in [1.807, 2.05) is 12.1 Å². The lowest BCUT2D eigenvalue weighted by Crippen LogP contribution is -2.13. The highest BCUT2D eigenvalue weighted by molar-refractivity contribution is 7.92. The first-order valence-electron chi connectivity index (χ1n) is 6.49. The van der Waals surface area contributed by atoms with Crippen LogP contribution in [-0.4, -0.2) is 13.5 Å². The number of benzene rings is 2. The van der Waals surface area contributed by atoms with Gasteiger partial charge in [0.2, 0.25) is 0 Å². The maximum atomic E-state index is 12.3. The van der Waals surface area contributed by atoms with Crippen LogP contribution in [0.2, 0.25) is 0 Å². The van der Waals surface area contributed by atoms with Crippen molar-refractivity contribution in [3.8, 4) is 5.75 Å². The van der Waals surface area contributed by atoms with Gasteiger partial charge in [-0.05, 0) is 54.7 Å². The molecule has 1 aliphatic rings. The summed E-state index contributed by atoms with van der Waals surface area (Å²) in [6, 6.07) is 11.5. The molecule has 0 amide bonds. The zero-order valence-corrected chi connectivity index (χ0v) is 11.7. The first kappa shape index (κ1) is 13.0. The fourth-order valence-corrected chi connectivity index (χ4v) is 3.68. The predicted octanol–water partition coefficient (Wildman–Crippen LogP) is 2.68. The highest BCUT2D eigenvalue weighted by atomic mass is 32.2. The van der Waals surface area contributed by atoms with Crippen molar-refractivity contribution in [1.29, 1.82) is 0 Å². The molecule has 0 heterocycles. The summed E-state index contributed by atoms with van der Waals surface area (Å²) in [6.07, 6.45) is 3.16. The van der Waals surface area contributed by atoms with Crippen LogP contribution in [0.3, 0.4) is 0 Å². The Morgan fingerprint density at radius 2 is 1.75 bits per heavy atom. The van der Waals surface area contributed by atoms with Crippen LogP contribution in [0.15, 0.2) is 47.4 Å². The molecule has 0 fully saturated rings. The molecule has 20 heavy (non-hydrogen) atoms. The molecule has 2 aromatic rings. The fourth-order valence-electron chi connectivity index (χ4n) is 2.53. The van der Waals surface area contributed by atoms with Crippen LogP contribution in [0.1, 0.15) is 17.5 Å². The van der Waals surface area contributed by atoms with Crippen LogP contribution in [0.25, 0.3) is 0 Å². The van der Waals surface area contributed by atoms with E-state index >= 15 is 0 Å². The van der Waals surface area contributed by atoms with Crippen molar-refractivity contribution in [3.63, 3.8) is 0 Å². The van der Waals surface area contributed by atoms with Gasteiger partial charge in [-0.15, -0.1) is 0 Å². The van der Waals surface area contributed by atoms with Crippen molar-refractivity contribution in [2.75, 3.05) is 4.72 Å². The first-order chi connectivity index (χ1) is 9.56. The molecule has 0 bridgehead atoms. The molecule has 3 rings (SSSR count). The molecule has 1 aliphatic carbocycles. The van der Waals surface area contributed by atoms with Crippen molar-refractivity contribution in [2.24, 2.45) is 0 Å². The third kappa shape index (κ3) is 2.36. The zero-order chi connectivity index (χ0) is 14.2. The zero-order valence-electron chi connectivity index (χ0n) is 10.8. The molecule has 0 aliphatic heterocycles. The highest BCUT2D eigenvalue weighted by Crippen LogP contribution is 2.28.